The number of nitro benzene ring substituents is 3. The third kappa shape index (κ3) is 50.1. The average molecular weight is 1880 g/mol. The molecule has 0 saturated heterocycles. The molecule has 0 bridgehead atoms. The van der Waals surface area contributed by atoms with Gasteiger partial charge in [0.2, 0.25) is 23.6 Å². The Labute approximate surface area is 795 Å². The van der Waals surface area contributed by atoms with Crippen LogP contribution in [-0.2, 0) is 19.2 Å². The molecule has 4 aromatic carbocycles. The smallest absolute Gasteiger partial charge is 0.270 e. The highest BCUT2D eigenvalue weighted by atomic mass is 19.1. The fraction of sp³-hybridized carbons (Fsp3) is 0.635. The van der Waals surface area contributed by atoms with Crippen LogP contribution in [0.1, 0.15) is 381 Å². The maximum atomic E-state index is 13.9. The molecular formula is C104H164FN11O18. The van der Waals surface area contributed by atoms with Crippen LogP contribution in [0.25, 0.3) is 21.8 Å². The van der Waals surface area contributed by atoms with Crippen LogP contribution in [0.15, 0.2) is 121 Å². The Morgan fingerprint density at radius 3 is 1.02 bits per heavy atom. The van der Waals surface area contributed by atoms with Gasteiger partial charge in [-0.25, -0.2) is 4.39 Å². The molecule has 6 aromatic rings. The summed E-state index contributed by atoms with van der Waals surface area (Å²) in [6.45, 7) is 12.2. The summed E-state index contributed by atoms with van der Waals surface area (Å²) in [7, 11) is 3.37. The highest BCUT2D eigenvalue weighted by Crippen LogP contribution is 2.27. The summed E-state index contributed by atoms with van der Waals surface area (Å²) in [6, 6.07) is 18.8. The molecular weight excluding hydrogens is 1710 g/mol. The Bertz CT molecular complexity index is 4310. The van der Waals surface area contributed by atoms with Gasteiger partial charge in [-0.1, -0.05) is 264 Å². The zero-order chi connectivity index (χ0) is 98.6. The predicted molar refractivity (Wildman–Crippen MR) is 532 cm³/mol. The maximum Gasteiger partial charge on any atom is 0.270 e. The third-order valence-electron chi connectivity index (χ3n) is 24.0. The number of aliphatic hydroxyl groups excluding tert-OH is 6. The van der Waals surface area contributed by atoms with E-state index in [2.05, 4.69) is 83.2 Å². The van der Waals surface area contributed by atoms with Crippen molar-refractivity contribution >= 4 is 74.3 Å². The van der Waals surface area contributed by atoms with Crippen LogP contribution in [-0.4, -0.2) is 177 Å². The summed E-state index contributed by atoms with van der Waals surface area (Å²) in [5.74, 6) is -2.66. The quantitative estimate of drug-likeness (QED) is 0.00730. The van der Waals surface area contributed by atoms with Gasteiger partial charge in [-0.3, -0.25) is 59.1 Å². The standard InChI is InChI=1S/C27H44N2O5.C26H40FN3O3.C26H40N4O5.C25H40N2O5/c1-2-3-4-5-6-7-8-9-10-11-12-13-14-15-16-17-26(31)28-25(22-30)27(32)23-18-20-24(21-19-23)29(33)34;1-4-5-6-7-8-9-10-11-12-13-17-30(3)26(33)24(19(2)31)29-25(32)23-18-20-21(27)15-14-16-22(20)28-23;1-4-5-6-7-8-9-10-11-12-13-16-29(3)26(33)24(19(2)31)28-25(32)23-18-20-17-21(30(34)35)14-15-22(20)27-23;1-2-3-4-5-6-7-8-9-10-11-12-13-14-15-24(29)26-23(20-28)25(30)21-16-18-22(19-17-21)27(31)32/h9-10,18-21,25,27,30,32H,2-8,11-17,22H2,1H3,(H,28,31);14-16,18-19,24,28,31H,4-13,17H2,1-3H3,(H,29,32);14-15,17-19,24,27,31H,4-13,16H2,1-3H3,(H,28,32);7-8,16-19,23,25,28,30H,2-6,9-15,20H2,1H3,(H,26,29)/b10-9+;;;8-7+/t25-,27+;2*19-,24+;23-,25+/m1111/s1. The van der Waals surface area contributed by atoms with E-state index in [9.17, 15) is 94.1 Å². The number of fused-ring (bicyclic) bond motifs is 2. The molecule has 0 aliphatic heterocycles. The molecule has 6 rings (SSSR count). The molecule has 750 valence electrons. The number of carbonyl (C=O) groups is 6. The normalized spacial score (nSPS) is 13.1. The molecule has 0 unspecified atom stereocenters. The number of hydrogen-bond donors (Lipinski definition) is 12. The summed E-state index contributed by atoms with van der Waals surface area (Å²) in [6.07, 6.45) is 57.9. The number of unbranched alkanes of at least 4 members (excludes halogenated alkanes) is 38. The lowest BCUT2D eigenvalue weighted by Gasteiger charge is -2.26. The van der Waals surface area contributed by atoms with E-state index in [1.165, 1.54) is 279 Å². The number of nitro groups is 3. The van der Waals surface area contributed by atoms with Gasteiger partial charge in [0.05, 0.1) is 52.3 Å². The molecule has 134 heavy (non-hydrogen) atoms. The molecule has 0 aliphatic carbocycles. The lowest BCUT2D eigenvalue weighted by atomic mass is 10.0. The van der Waals surface area contributed by atoms with Crippen LogP contribution in [0.3, 0.4) is 0 Å². The number of non-ortho nitro benzene ring substituents is 3. The second-order valence-electron chi connectivity index (χ2n) is 35.6. The van der Waals surface area contributed by atoms with E-state index in [0.29, 0.717) is 58.9 Å². The minimum absolute atomic E-state index is 0.0749. The maximum absolute atomic E-state index is 13.9. The number of aromatic amines is 2. The fourth-order valence-corrected chi connectivity index (χ4v) is 15.6. The molecule has 0 fully saturated rings. The lowest BCUT2D eigenvalue weighted by molar-refractivity contribution is -0.385. The number of halogens is 1. The van der Waals surface area contributed by atoms with Crippen LogP contribution in [0.5, 0.6) is 0 Å². The number of aliphatic hydroxyl groups is 6. The first-order valence-electron chi connectivity index (χ1n) is 50.0. The number of aromatic nitrogens is 2. The monoisotopic (exact) mass is 1870 g/mol. The first-order chi connectivity index (χ1) is 64.6. The van der Waals surface area contributed by atoms with Crippen molar-refractivity contribution in [3.63, 3.8) is 0 Å². The van der Waals surface area contributed by atoms with Crippen LogP contribution < -0.4 is 21.3 Å². The van der Waals surface area contributed by atoms with Gasteiger partial charge in [-0.15, -0.1) is 0 Å². The molecule has 0 aliphatic rings. The third-order valence-corrected chi connectivity index (χ3v) is 24.0. The average Bonchev–Trinajstić information content (AvgIpc) is 1.67. The summed E-state index contributed by atoms with van der Waals surface area (Å²) >= 11 is 0. The van der Waals surface area contributed by atoms with Gasteiger partial charge in [0.15, 0.2) is 0 Å². The number of hydrogen-bond acceptors (Lipinski definition) is 18. The molecule has 2 aromatic heterocycles. The van der Waals surface area contributed by atoms with Gasteiger partial charge < -0.3 is 71.7 Å². The van der Waals surface area contributed by atoms with E-state index in [4.69, 9.17) is 0 Å². The van der Waals surface area contributed by atoms with Gasteiger partial charge in [0.25, 0.3) is 28.9 Å². The second kappa shape index (κ2) is 72.5. The highest BCUT2D eigenvalue weighted by Gasteiger charge is 2.32. The Kier molecular flexibility index (Phi) is 64.1. The number of H-pyrrole nitrogens is 2. The number of nitrogens with one attached hydrogen (secondary N) is 6. The minimum Gasteiger partial charge on any atom is -0.394 e. The Morgan fingerprint density at radius 1 is 0.388 bits per heavy atom. The van der Waals surface area contributed by atoms with E-state index < -0.39 is 94.2 Å². The van der Waals surface area contributed by atoms with Crippen molar-refractivity contribution in [1.29, 1.82) is 0 Å². The summed E-state index contributed by atoms with van der Waals surface area (Å²) in [4.78, 5) is 115. The minimum atomic E-state index is -1.14. The SMILES string of the molecule is CCCCCC/C=C/CCCCCCCC(=O)N[C@H](CO)[C@@H](O)c1ccc([N+](=O)[O-])cc1.CCCCCCCC/C=C/CCCCCCCC(=O)N[C@H](CO)[C@@H](O)c1ccc([N+](=O)[O-])cc1.CCCCCCCCCCCCN(C)C(=O)[C@@H](NC(=O)c1cc2c(F)cccc2[nH]1)[C@@H](C)O.CCCCCCCCCCCCN(C)C(=O)[C@@H](NC(=O)c1cc2cc([N+](=O)[O-])ccc2[nH]1)[C@@H](C)O. The molecule has 0 saturated carbocycles. The molecule has 12 N–H and O–H groups in total. The number of nitrogens with zero attached hydrogens (tertiary/aromatic N) is 5. The van der Waals surface area contributed by atoms with Gasteiger partial charge in [0, 0.05) is 98.2 Å². The summed E-state index contributed by atoms with van der Waals surface area (Å²) in [5, 5.41) is 104. The molecule has 8 atom stereocenters. The zero-order valence-corrected chi connectivity index (χ0v) is 81.7. The van der Waals surface area contributed by atoms with Crippen molar-refractivity contribution in [2.24, 2.45) is 0 Å². The Morgan fingerprint density at radius 2 is 0.694 bits per heavy atom. The van der Waals surface area contributed by atoms with Crippen LogP contribution in [0, 0.1) is 36.2 Å². The van der Waals surface area contributed by atoms with Crippen molar-refractivity contribution in [2.75, 3.05) is 40.4 Å². The van der Waals surface area contributed by atoms with Crippen molar-refractivity contribution in [3.05, 3.63) is 180 Å². The molecule has 30 heteroatoms. The van der Waals surface area contributed by atoms with Gasteiger partial charge >= 0.3 is 0 Å². The number of allylic oxidation sites excluding steroid dienone is 4. The van der Waals surface area contributed by atoms with Gasteiger partial charge in [0.1, 0.15) is 41.5 Å². The van der Waals surface area contributed by atoms with Crippen LogP contribution >= 0.6 is 0 Å². The second-order valence-corrected chi connectivity index (χ2v) is 35.6. The predicted octanol–water partition coefficient (Wildman–Crippen LogP) is 21.6. The molecule has 0 spiro atoms. The van der Waals surface area contributed by atoms with E-state index in [-0.39, 0.29) is 52.1 Å². The van der Waals surface area contributed by atoms with Crippen molar-refractivity contribution in [2.45, 2.75) is 385 Å². The van der Waals surface area contributed by atoms with Crippen LogP contribution in [0.4, 0.5) is 21.5 Å². The topological polar surface area (TPSA) is 439 Å². The van der Waals surface area contributed by atoms with Gasteiger partial charge in [-0.2, -0.15) is 0 Å². The van der Waals surface area contributed by atoms with E-state index in [1.54, 1.807) is 36.0 Å². The summed E-state index contributed by atoms with van der Waals surface area (Å²) in [5.41, 5.74) is 1.96. The number of carbonyl (C=O) groups excluding carboxylic acids is 6. The number of amides is 6. The molecule has 6 amide bonds. The number of likely N-dealkylation sites (N-methyl/N-ethyl adjacent to an activating group) is 2. The summed E-state index contributed by atoms with van der Waals surface area (Å²) < 4.78 is 13.9. The zero-order valence-electron chi connectivity index (χ0n) is 81.7. The largest absolute Gasteiger partial charge is 0.394 e. The van der Waals surface area contributed by atoms with E-state index in [0.717, 1.165) is 103 Å². The fourth-order valence-electron chi connectivity index (χ4n) is 15.6. The molecule has 29 nitrogen and oxygen atoms in total. The number of benzene rings is 4. The van der Waals surface area contributed by atoms with Crippen molar-refractivity contribution in [3.8, 4) is 0 Å². The Balaban J connectivity index is 0.000000460. The lowest BCUT2D eigenvalue weighted by Crippen LogP contribution is -2.53. The first kappa shape index (κ1) is 118. The van der Waals surface area contributed by atoms with Crippen LogP contribution in [0.2, 0.25) is 0 Å². The van der Waals surface area contributed by atoms with E-state index >= 15 is 0 Å². The Hall–Kier alpha value is -9.85. The first-order valence-corrected chi connectivity index (χ1v) is 50.0. The van der Waals surface area contributed by atoms with E-state index in [1.807, 2.05) is 0 Å². The van der Waals surface area contributed by atoms with Crippen molar-refractivity contribution in [1.82, 2.24) is 41.0 Å². The highest BCUT2D eigenvalue weighted by molar-refractivity contribution is 6.01. The number of rotatable bonds is 69. The van der Waals surface area contributed by atoms with Gasteiger partial charge in [-0.05, 0) is 157 Å². The van der Waals surface area contributed by atoms with Crippen molar-refractivity contribution < 1.29 is 78.6 Å². The molecule has 2 heterocycles. The molecule has 0 radical (unpaired) electrons.